The van der Waals surface area contributed by atoms with Crippen molar-refractivity contribution >= 4 is 21.5 Å². The van der Waals surface area contributed by atoms with E-state index in [9.17, 15) is 0 Å². The van der Waals surface area contributed by atoms with Gasteiger partial charge in [-0.05, 0) is 26.1 Å². The fraction of sp³-hybridized carbons (Fsp3) is 0.700. The van der Waals surface area contributed by atoms with Crippen molar-refractivity contribution in [1.29, 1.82) is 0 Å². The summed E-state index contributed by atoms with van der Waals surface area (Å²) in [6.45, 7) is 8.74. The molecule has 0 radical (unpaired) electrons. The van der Waals surface area contributed by atoms with Crippen molar-refractivity contribution in [2.75, 3.05) is 37.2 Å². The fourth-order valence-corrected chi connectivity index (χ4v) is 2.01. The lowest BCUT2D eigenvalue weighted by molar-refractivity contribution is 0.303. The van der Waals surface area contributed by atoms with Crippen LogP contribution in [0.25, 0.3) is 0 Å². The summed E-state index contributed by atoms with van der Waals surface area (Å²) in [5.74, 6) is 0. The number of anilines is 2. The second-order valence-corrected chi connectivity index (χ2v) is 4.44. The van der Waals surface area contributed by atoms with Gasteiger partial charge in [0.2, 0.25) is 0 Å². The minimum absolute atomic E-state index is 0.765. The standard InChI is InChI=1S/C10H20N4S/c1-3-14(4-2)7-5-6-12-10-13-8-9(11)15-10/h8H,3-7,11H2,1-2H3,(H,12,13). The maximum absolute atomic E-state index is 5.58. The molecule has 0 aliphatic rings. The number of hydrogen-bond acceptors (Lipinski definition) is 5. The lowest BCUT2D eigenvalue weighted by atomic mass is 10.3. The molecule has 0 bridgehead atoms. The zero-order valence-corrected chi connectivity index (χ0v) is 10.3. The van der Waals surface area contributed by atoms with Crippen molar-refractivity contribution < 1.29 is 0 Å². The zero-order chi connectivity index (χ0) is 11.1. The van der Waals surface area contributed by atoms with E-state index in [1.807, 2.05) is 0 Å². The number of rotatable bonds is 7. The molecule has 0 aliphatic carbocycles. The Morgan fingerprint density at radius 1 is 1.47 bits per heavy atom. The first-order valence-corrected chi connectivity index (χ1v) is 6.25. The Kier molecular flexibility index (Phi) is 5.42. The van der Waals surface area contributed by atoms with Gasteiger partial charge >= 0.3 is 0 Å². The van der Waals surface area contributed by atoms with Crippen LogP contribution in [0.1, 0.15) is 20.3 Å². The van der Waals surface area contributed by atoms with Crippen LogP contribution in [0.2, 0.25) is 0 Å². The predicted octanol–water partition coefficient (Wildman–Crippen LogP) is 1.87. The Balaban J connectivity index is 2.11. The van der Waals surface area contributed by atoms with Crippen molar-refractivity contribution in [2.45, 2.75) is 20.3 Å². The Bertz CT molecular complexity index is 270. The molecule has 1 heterocycles. The number of thiazole rings is 1. The topological polar surface area (TPSA) is 54.2 Å². The van der Waals surface area contributed by atoms with E-state index in [1.54, 1.807) is 6.20 Å². The van der Waals surface area contributed by atoms with Crippen molar-refractivity contribution in [3.05, 3.63) is 6.20 Å². The molecule has 0 atom stereocenters. The van der Waals surface area contributed by atoms with E-state index in [0.29, 0.717) is 0 Å². The molecule has 0 aliphatic heterocycles. The third-order valence-electron chi connectivity index (χ3n) is 2.35. The number of nitrogens with two attached hydrogens (primary N) is 1. The molecule has 1 aromatic rings. The normalized spacial score (nSPS) is 10.9. The first-order chi connectivity index (χ1) is 7.26. The zero-order valence-electron chi connectivity index (χ0n) is 9.49. The van der Waals surface area contributed by atoms with Gasteiger partial charge in [0.25, 0.3) is 0 Å². The highest BCUT2D eigenvalue weighted by molar-refractivity contribution is 7.19. The second kappa shape index (κ2) is 6.63. The second-order valence-electron chi connectivity index (χ2n) is 3.37. The molecule has 1 rings (SSSR count). The molecule has 4 nitrogen and oxygen atoms in total. The summed E-state index contributed by atoms with van der Waals surface area (Å²) >= 11 is 1.50. The summed E-state index contributed by atoms with van der Waals surface area (Å²) in [5, 5.41) is 4.96. The molecule has 0 spiro atoms. The summed E-state index contributed by atoms with van der Waals surface area (Å²) in [4.78, 5) is 6.56. The maximum atomic E-state index is 5.58. The highest BCUT2D eigenvalue weighted by atomic mass is 32.1. The molecular weight excluding hydrogens is 208 g/mol. The Morgan fingerprint density at radius 2 is 2.20 bits per heavy atom. The Hall–Kier alpha value is -0.810. The fourth-order valence-electron chi connectivity index (χ4n) is 1.41. The first kappa shape index (κ1) is 12.3. The molecule has 5 heteroatoms. The van der Waals surface area contributed by atoms with Crippen molar-refractivity contribution in [3.63, 3.8) is 0 Å². The van der Waals surface area contributed by atoms with Gasteiger partial charge in [0.05, 0.1) is 6.20 Å². The summed E-state index contributed by atoms with van der Waals surface area (Å²) in [6.07, 6.45) is 2.83. The molecule has 0 saturated heterocycles. The molecule has 86 valence electrons. The van der Waals surface area contributed by atoms with Crippen molar-refractivity contribution in [3.8, 4) is 0 Å². The van der Waals surface area contributed by atoms with Gasteiger partial charge in [0.15, 0.2) is 5.13 Å². The number of hydrogen-bond donors (Lipinski definition) is 2. The van der Waals surface area contributed by atoms with Crippen LogP contribution in [-0.4, -0.2) is 36.1 Å². The maximum Gasteiger partial charge on any atom is 0.184 e. The minimum Gasteiger partial charge on any atom is -0.389 e. The molecule has 0 aromatic carbocycles. The molecular formula is C10H20N4S. The quantitative estimate of drug-likeness (QED) is 0.700. The molecule has 3 N–H and O–H groups in total. The summed E-state index contributed by atoms with van der Waals surface area (Å²) in [5.41, 5.74) is 5.58. The van der Waals surface area contributed by atoms with Crippen LogP contribution in [0.4, 0.5) is 10.1 Å². The number of nitrogen functional groups attached to an aromatic ring is 1. The van der Waals surface area contributed by atoms with E-state index in [1.165, 1.54) is 11.3 Å². The van der Waals surface area contributed by atoms with Crippen LogP contribution in [0.3, 0.4) is 0 Å². The highest BCUT2D eigenvalue weighted by Gasteiger charge is 1.99. The SMILES string of the molecule is CCN(CC)CCCNc1ncc(N)s1. The van der Waals surface area contributed by atoms with Crippen LogP contribution in [-0.2, 0) is 0 Å². The summed E-state index contributed by atoms with van der Waals surface area (Å²) in [6, 6.07) is 0. The van der Waals surface area contributed by atoms with E-state index in [0.717, 1.165) is 42.7 Å². The minimum atomic E-state index is 0.765. The smallest absolute Gasteiger partial charge is 0.184 e. The molecule has 1 aromatic heterocycles. The van der Waals surface area contributed by atoms with Crippen molar-refractivity contribution in [1.82, 2.24) is 9.88 Å². The molecule has 15 heavy (non-hydrogen) atoms. The van der Waals surface area contributed by atoms with E-state index in [-0.39, 0.29) is 0 Å². The van der Waals surface area contributed by atoms with Gasteiger partial charge in [0, 0.05) is 6.54 Å². The van der Waals surface area contributed by atoms with Crippen LogP contribution in [0, 0.1) is 0 Å². The van der Waals surface area contributed by atoms with E-state index in [4.69, 9.17) is 5.73 Å². The number of nitrogens with one attached hydrogen (secondary N) is 1. The number of nitrogens with zero attached hydrogens (tertiary/aromatic N) is 2. The largest absolute Gasteiger partial charge is 0.389 e. The van der Waals surface area contributed by atoms with Gasteiger partial charge in [-0.1, -0.05) is 25.2 Å². The summed E-state index contributed by atoms with van der Waals surface area (Å²) in [7, 11) is 0. The van der Waals surface area contributed by atoms with Gasteiger partial charge in [0.1, 0.15) is 5.00 Å². The van der Waals surface area contributed by atoms with Gasteiger partial charge in [-0.25, -0.2) is 4.98 Å². The van der Waals surface area contributed by atoms with Gasteiger partial charge in [-0.15, -0.1) is 0 Å². The van der Waals surface area contributed by atoms with Crippen LogP contribution >= 0.6 is 11.3 Å². The van der Waals surface area contributed by atoms with E-state index < -0.39 is 0 Å². The summed E-state index contributed by atoms with van der Waals surface area (Å²) < 4.78 is 0. The molecule has 0 amide bonds. The average molecular weight is 228 g/mol. The first-order valence-electron chi connectivity index (χ1n) is 5.43. The van der Waals surface area contributed by atoms with Crippen molar-refractivity contribution in [2.24, 2.45) is 0 Å². The number of aromatic nitrogens is 1. The van der Waals surface area contributed by atoms with E-state index in [2.05, 4.69) is 29.0 Å². The van der Waals surface area contributed by atoms with Gasteiger partial charge < -0.3 is 16.0 Å². The lowest BCUT2D eigenvalue weighted by Gasteiger charge is -2.17. The molecule has 0 unspecified atom stereocenters. The van der Waals surface area contributed by atoms with Gasteiger partial charge in [-0.2, -0.15) is 0 Å². The average Bonchev–Trinajstić information content (AvgIpc) is 2.65. The Labute approximate surface area is 95.5 Å². The molecule has 0 saturated carbocycles. The third-order valence-corrected chi connectivity index (χ3v) is 3.13. The van der Waals surface area contributed by atoms with Gasteiger partial charge in [-0.3, -0.25) is 0 Å². The van der Waals surface area contributed by atoms with Crippen LogP contribution in [0.15, 0.2) is 6.20 Å². The monoisotopic (exact) mass is 228 g/mol. The third kappa shape index (κ3) is 4.48. The van der Waals surface area contributed by atoms with E-state index >= 15 is 0 Å². The van der Waals surface area contributed by atoms with Crippen LogP contribution < -0.4 is 11.1 Å². The Morgan fingerprint density at radius 3 is 2.73 bits per heavy atom. The highest BCUT2D eigenvalue weighted by Crippen LogP contribution is 2.19. The lowest BCUT2D eigenvalue weighted by Crippen LogP contribution is -2.25. The molecule has 0 fully saturated rings. The van der Waals surface area contributed by atoms with Crippen LogP contribution in [0.5, 0.6) is 0 Å². The predicted molar refractivity (Wildman–Crippen MR) is 67.4 cm³/mol.